The zero-order chi connectivity index (χ0) is 11.6. The predicted molar refractivity (Wildman–Crippen MR) is 49.7 cm³/mol. The van der Waals surface area contributed by atoms with Gasteiger partial charge in [0, 0.05) is 0 Å². The van der Waals surface area contributed by atoms with Crippen LogP contribution in [0.3, 0.4) is 0 Å². The Kier molecular flexibility index (Phi) is 3.05. The zero-order valence-corrected chi connectivity index (χ0v) is 8.38. The number of nitrogens with one attached hydrogen (secondary N) is 1. The third-order valence-corrected chi connectivity index (χ3v) is 2.68. The van der Waals surface area contributed by atoms with Gasteiger partial charge in [0.1, 0.15) is 10.8 Å². The van der Waals surface area contributed by atoms with Gasteiger partial charge in [-0.2, -0.15) is 0 Å². The van der Waals surface area contributed by atoms with E-state index >= 15 is 0 Å². The topological polar surface area (TPSA) is 107 Å². The SMILES string of the molecule is Cc1csc(C(=O)O)c1NC(=O)C(=O)[O-]. The van der Waals surface area contributed by atoms with Crippen molar-refractivity contribution in [1.29, 1.82) is 0 Å². The molecule has 7 heteroatoms. The second kappa shape index (κ2) is 4.09. The van der Waals surface area contributed by atoms with Crippen LogP contribution in [0.25, 0.3) is 0 Å². The molecule has 0 aliphatic carbocycles. The molecule has 0 saturated carbocycles. The number of thiophene rings is 1. The first-order chi connectivity index (χ1) is 6.93. The van der Waals surface area contributed by atoms with Crippen LogP contribution >= 0.6 is 11.3 Å². The average Bonchev–Trinajstić information content (AvgIpc) is 2.48. The largest absolute Gasteiger partial charge is 0.540 e. The Morgan fingerprint density at radius 3 is 2.53 bits per heavy atom. The molecule has 0 aromatic carbocycles. The molecule has 1 heterocycles. The minimum atomic E-state index is -1.91. The number of aliphatic carboxylic acids is 1. The van der Waals surface area contributed by atoms with E-state index in [2.05, 4.69) is 0 Å². The minimum absolute atomic E-state index is 0.00157. The maximum atomic E-state index is 10.8. The Hall–Kier alpha value is -1.89. The van der Waals surface area contributed by atoms with Gasteiger partial charge in [0.05, 0.1) is 5.69 Å². The monoisotopic (exact) mass is 228 g/mol. The van der Waals surface area contributed by atoms with E-state index in [1.165, 1.54) is 5.38 Å². The number of amides is 1. The highest BCUT2D eigenvalue weighted by atomic mass is 32.1. The second-order valence-corrected chi connectivity index (χ2v) is 3.55. The summed E-state index contributed by atoms with van der Waals surface area (Å²) in [6.07, 6.45) is 0. The summed E-state index contributed by atoms with van der Waals surface area (Å²) in [4.78, 5) is 31.5. The molecule has 6 nitrogen and oxygen atoms in total. The first kappa shape index (κ1) is 11.2. The van der Waals surface area contributed by atoms with Gasteiger partial charge >= 0.3 is 5.97 Å². The number of rotatable bonds is 2. The number of carboxylic acids is 2. The van der Waals surface area contributed by atoms with Gasteiger partial charge in [-0.05, 0) is 17.9 Å². The second-order valence-electron chi connectivity index (χ2n) is 2.67. The van der Waals surface area contributed by atoms with Crippen molar-refractivity contribution in [3.05, 3.63) is 15.8 Å². The Morgan fingerprint density at radius 1 is 1.47 bits per heavy atom. The third kappa shape index (κ3) is 2.32. The number of hydrogen-bond donors (Lipinski definition) is 2. The maximum absolute atomic E-state index is 10.8. The van der Waals surface area contributed by atoms with Crippen LogP contribution in [0.2, 0.25) is 0 Å². The van der Waals surface area contributed by atoms with Crippen LogP contribution in [0.1, 0.15) is 15.2 Å². The first-order valence-corrected chi connectivity index (χ1v) is 4.65. The highest BCUT2D eigenvalue weighted by molar-refractivity contribution is 7.12. The van der Waals surface area contributed by atoms with Crippen LogP contribution in [-0.2, 0) is 9.59 Å². The molecule has 15 heavy (non-hydrogen) atoms. The van der Waals surface area contributed by atoms with Gasteiger partial charge in [0.25, 0.3) is 5.91 Å². The van der Waals surface area contributed by atoms with Crippen LogP contribution in [-0.4, -0.2) is 23.0 Å². The number of carbonyl (C=O) groups excluding carboxylic acids is 2. The molecule has 80 valence electrons. The standard InChI is InChI=1S/C8H7NO5S/c1-3-2-15-5(7(11)12)4(3)9-6(10)8(13)14/h2H,1H3,(H,9,10)(H,11,12)(H,13,14)/p-1. The molecule has 0 atom stereocenters. The molecule has 1 aromatic rings. The number of aryl methyl sites for hydroxylation is 1. The summed E-state index contributed by atoms with van der Waals surface area (Å²) in [5.74, 6) is -4.49. The lowest BCUT2D eigenvalue weighted by Crippen LogP contribution is -2.36. The fourth-order valence-corrected chi connectivity index (χ4v) is 1.76. The molecule has 0 bridgehead atoms. The molecule has 0 aliphatic heterocycles. The van der Waals surface area contributed by atoms with Crippen LogP contribution in [0.15, 0.2) is 5.38 Å². The highest BCUT2D eigenvalue weighted by Gasteiger charge is 2.17. The summed E-state index contributed by atoms with van der Waals surface area (Å²) in [7, 11) is 0. The molecule has 1 amide bonds. The summed E-state index contributed by atoms with van der Waals surface area (Å²) >= 11 is 0.910. The average molecular weight is 228 g/mol. The van der Waals surface area contributed by atoms with Gasteiger partial charge < -0.3 is 20.3 Å². The smallest absolute Gasteiger partial charge is 0.348 e. The van der Waals surface area contributed by atoms with E-state index in [0.29, 0.717) is 5.56 Å². The molecular weight excluding hydrogens is 222 g/mol. The van der Waals surface area contributed by atoms with E-state index in [1.807, 2.05) is 5.32 Å². The summed E-state index contributed by atoms with van der Waals surface area (Å²) in [6, 6.07) is 0. The number of carboxylic acid groups (broad SMARTS) is 2. The van der Waals surface area contributed by atoms with Crippen LogP contribution < -0.4 is 10.4 Å². The Morgan fingerprint density at radius 2 is 2.07 bits per heavy atom. The summed E-state index contributed by atoms with van der Waals surface area (Å²) in [5.41, 5.74) is 0.494. The van der Waals surface area contributed by atoms with Crippen molar-refractivity contribution in [2.24, 2.45) is 0 Å². The normalized spacial score (nSPS) is 9.67. The van der Waals surface area contributed by atoms with Crippen LogP contribution in [0.5, 0.6) is 0 Å². The molecule has 0 aliphatic rings. The van der Waals surface area contributed by atoms with Crippen molar-refractivity contribution in [1.82, 2.24) is 0 Å². The highest BCUT2D eigenvalue weighted by Crippen LogP contribution is 2.27. The van der Waals surface area contributed by atoms with E-state index < -0.39 is 17.8 Å². The lowest BCUT2D eigenvalue weighted by Gasteiger charge is -2.05. The van der Waals surface area contributed by atoms with Gasteiger partial charge in [-0.1, -0.05) is 0 Å². The Balaban J connectivity index is 3.03. The Bertz CT molecular complexity index is 436. The lowest BCUT2D eigenvalue weighted by molar-refractivity contribution is -0.299. The Labute approximate surface area is 88.2 Å². The third-order valence-electron chi connectivity index (χ3n) is 1.59. The summed E-state index contributed by atoms with van der Waals surface area (Å²) < 4.78 is 0. The molecule has 1 rings (SSSR count). The number of hydrogen-bond acceptors (Lipinski definition) is 5. The van der Waals surface area contributed by atoms with Crippen molar-refractivity contribution >= 4 is 34.9 Å². The van der Waals surface area contributed by atoms with Crippen LogP contribution in [0.4, 0.5) is 5.69 Å². The molecule has 0 fully saturated rings. The molecule has 0 spiro atoms. The fourth-order valence-electron chi connectivity index (χ4n) is 0.921. The molecule has 0 unspecified atom stereocenters. The molecular formula is C8H6NO5S-. The summed E-state index contributed by atoms with van der Waals surface area (Å²) in [6.45, 7) is 1.56. The van der Waals surface area contributed by atoms with E-state index in [4.69, 9.17) is 5.11 Å². The van der Waals surface area contributed by atoms with Gasteiger partial charge in [0.15, 0.2) is 0 Å². The van der Waals surface area contributed by atoms with E-state index in [9.17, 15) is 19.5 Å². The quantitative estimate of drug-likeness (QED) is 0.660. The number of anilines is 1. The molecule has 1 aromatic heterocycles. The van der Waals surface area contributed by atoms with Crippen molar-refractivity contribution in [2.75, 3.05) is 5.32 Å². The van der Waals surface area contributed by atoms with Gasteiger partial charge in [0.2, 0.25) is 0 Å². The van der Waals surface area contributed by atoms with E-state index in [0.717, 1.165) is 11.3 Å². The first-order valence-electron chi connectivity index (χ1n) is 3.77. The van der Waals surface area contributed by atoms with Crippen molar-refractivity contribution in [3.63, 3.8) is 0 Å². The van der Waals surface area contributed by atoms with Gasteiger partial charge in [-0.3, -0.25) is 4.79 Å². The predicted octanol–water partition coefficient (Wildman–Crippen LogP) is -0.557. The van der Waals surface area contributed by atoms with Crippen molar-refractivity contribution < 1.29 is 24.6 Å². The fraction of sp³-hybridized carbons (Fsp3) is 0.125. The van der Waals surface area contributed by atoms with Crippen molar-refractivity contribution in [3.8, 4) is 0 Å². The van der Waals surface area contributed by atoms with Crippen molar-refractivity contribution in [2.45, 2.75) is 6.92 Å². The molecule has 0 saturated heterocycles. The minimum Gasteiger partial charge on any atom is -0.540 e. The molecule has 2 N–H and O–H groups in total. The number of carbonyl (C=O) groups is 3. The van der Waals surface area contributed by atoms with Crippen LogP contribution in [0, 0.1) is 6.92 Å². The summed E-state index contributed by atoms with van der Waals surface area (Å²) in [5, 5.41) is 22.4. The lowest BCUT2D eigenvalue weighted by atomic mass is 10.2. The van der Waals surface area contributed by atoms with Gasteiger partial charge in [-0.15, -0.1) is 11.3 Å². The van der Waals surface area contributed by atoms with E-state index in [-0.39, 0.29) is 10.6 Å². The van der Waals surface area contributed by atoms with Gasteiger partial charge in [-0.25, -0.2) is 4.79 Å². The molecule has 0 radical (unpaired) electrons. The number of aromatic carboxylic acids is 1. The maximum Gasteiger partial charge on any atom is 0.348 e. The van der Waals surface area contributed by atoms with E-state index in [1.54, 1.807) is 6.92 Å². The zero-order valence-electron chi connectivity index (χ0n) is 7.57.